The first-order chi connectivity index (χ1) is 8.24. The van der Waals surface area contributed by atoms with Gasteiger partial charge in [0.15, 0.2) is 0 Å². The third kappa shape index (κ3) is 3.57. The number of carbonyl (C=O) groups excluding carboxylic acids is 1. The Kier molecular flexibility index (Phi) is 3.72. The topological polar surface area (TPSA) is 59.8 Å². The fraction of sp³-hybridized carbons (Fsp3) is 0.182. The van der Waals surface area contributed by atoms with Crippen LogP contribution in [-0.2, 0) is 11.3 Å². The van der Waals surface area contributed by atoms with E-state index in [0.29, 0.717) is 23.7 Å². The molecule has 0 aliphatic rings. The first kappa shape index (κ1) is 11.6. The van der Waals surface area contributed by atoms with Crippen LogP contribution in [0.1, 0.15) is 6.42 Å². The number of benzene rings is 1. The van der Waals surface area contributed by atoms with Crippen LogP contribution in [0.2, 0.25) is 5.02 Å². The van der Waals surface area contributed by atoms with E-state index in [1.54, 1.807) is 35.3 Å². The molecule has 0 aliphatic carbocycles. The average Bonchev–Trinajstić information content (AvgIpc) is 2.79. The van der Waals surface area contributed by atoms with E-state index in [1.807, 2.05) is 0 Å². The van der Waals surface area contributed by atoms with Crippen LogP contribution in [0.4, 0.5) is 5.69 Å². The van der Waals surface area contributed by atoms with Crippen LogP contribution in [0.5, 0.6) is 0 Å². The molecular weight excluding hydrogens is 240 g/mol. The van der Waals surface area contributed by atoms with Crippen molar-refractivity contribution in [3.8, 4) is 0 Å². The number of aryl methyl sites for hydroxylation is 1. The van der Waals surface area contributed by atoms with Crippen molar-refractivity contribution in [3.05, 3.63) is 41.9 Å². The van der Waals surface area contributed by atoms with Crippen molar-refractivity contribution in [3.63, 3.8) is 0 Å². The molecule has 6 heteroatoms. The smallest absolute Gasteiger partial charge is 0.226 e. The van der Waals surface area contributed by atoms with E-state index in [0.717, 1.165) is 0 Å². The Morgan fingerprint density at radius 1 is 1.47 bits per heavy atom. The molecule has 0 aliphatic heterocycles. The van der Waals surface area contributed by atoms with Crippen LogP contribution in [0.25, 0.3) is 0 Å². The van der Waals surface area contributed by atoms with Crippen LogP contribution in [0.15, 0.2) is 36.9 Å². The molecule has 0 unspecified atom stereocenters. The zero-order chi connectivity index (χ0) is 12.1. The van der Waals surface area contributed by atoms with Crippen molar-refractivity contribution in [2.45, 2.75) is 13.0 Å². The first-order valence-electron chi connectivity index (χ1n) is 5.12. The zero-order valence-corrected chi connectivity index (χ0v) is 9.76. The molecule has 0 atom stereocenters. The summed E-state index contributed by atoms with van der Waals surface area (Å²) in [5, 5.41) is 7.27. The van der Waals surface area contributed by atoms with E-state index in [1.165, 1.54) is 6.33 Å². The molecule has 2 aromatic rings. The molecule has 2 rings (SSSR count). The van der Waals surface area contributed by atoms with Crippen LogP contribution < -0.4 is 5.32 Å². The van der Waals surface area contributed by atoms with Crippen LogP contribution in [0, 0.1) is 0 Å². The van der Waals surface area contributed by atoms with E-state index in [-0.39, 0.29) is 5.91 Å². The van der Waals surface area contributed by atoms with Gasteiger partial charge in [-0.1, -0.05) is 17.7 Å². The summed E-state index contributed by atoms with van der Waals surface area (Å²) in [5.74, 6) is -0.0808. The molecule has 0 bridgehead atoms. The highest BCUT2D eigenvalue weighted by molar-refractivity contribution is 6.30. The average molecular weight is 251 g/mol. The zero-order valence-electron chi connectivity index (χ0n) is 9.01. The minimum Gasteiger partial charge on any atom is -0.326 e. The number of rotatable bonds is 4. The highest BCUT2D eigenvalue weighted by Gasteiger charge is 2.03. The molecule has 88 valence electrons. The molecule has 1 heterocycles. The number of hydrogen-bond acceptors (Lipinski definition) is 3. The summed E-state index contributed by atoms with van der Waals surface area (Å²) in [7, 11) is 0. The van der Waals surface area contributed by atoms with E-state index < -0.39 is 0 Å². The standard InChI is InChI=1S/C11H11ClN4O/c12-9-2-1-3-10(6-9)15-11(17)4-5-16-8-13-7-14-16/h1-3,6-8H,4-5H2,(H,15,17). The number of hydrogen-bond donors (Lipinski definition) is 1. The maximum atomic E-state index is 11.6. The maximum Gasteiger partial charge on any atom is 0.226 e. The number of nitrogens with one attached hydrogen (secondary N) is 1. The molecule has 1 aromatic heterocycles. The van der Waals surface area contributed by atoms with Gasteiger partial charge in [0.2, 0.25) is 5.91 Å². The van der Waals surface area contributed by atoms with Crippen molar-refractivity contribution in [2.75, 3.05) is 5.32 Å². The number of anilines is 1. The van der Waals surface area contributed by atoms with Gasteiger partial charge in [0.05, 0.1) is 6.54 Å². The normalized spacial score (nSPS) is 10.2. The second-order valence-electron chi connectivity index (χ2n) is 3.47. The van der Waals surface area contributed by atoms with Gasteiger partial charge < -0.3 is 5.32 Å². The van der Waals surface area contributed by atoms with Crippen LogP contribution in [-0.4, -0.2) is 20.7 Å². The van der Waals surface area contributed by atoms with E-state index >= 15 is 0 Å². The maximum absolute atomic E-state index is 11.6. The molecular formula is C11H11ClN4O. The Balaban J connectivity index is 1.85. The molecule has 0 spiro atoms. The van der Waals surface area contributed by atoms with Gasteiger partial charge in [-0.3, -0.25) is 9.48 Å². The summed E-state index contributed by atoms with van der Waals surface area (Å²) in [6, 6.07) is 7.04. The van der Waals surface area contributed by atoms with Crippen molar-refractivity contribution in [2.24, 2.45) is 0 Å². The van der Waals surface area contributed by atoms with E-state index in [4.69, 9.17) is 11.6 Å². The molecule has 1 aromatic carbocycles. The number of aromatic nitrogens is 3. The second kappa shape index (κ2) is 5.45. The van der Waals surface area contributed by atoms with Gasteiger partial charge in [-0.05, 0) is 18.2 Å². The quantitative estimate of drug-likeness (QED) is 0.902. The lowest BCUT2D eigenvalue weighted by Gasteiger charge is -2.05. The Labute approximate surface area is 103 Å². The Morgan fingerprint density at radius 3 is 3.06 bits per heavy atom. The molecule has 0 saturated heterocycles. The Hall–Kier alpha value is -1.88. The number of halogens is 1. The van der Waals surface area contributed by atoms with E-state index in [9.17, 15) is 4.79 Å². The number of carbonyl (C=O) groups is 1. The van der Waals surface area contributed by atoms with Crippen LogP contribution in [0.3, 0.4) is 0 Å². The lowest BCUT2D eigenvalue weighted by molar-refractivity contribution is -0.116. The summed E-state index contributed by atoms with van der Waals surface area (Å²) in [5.41, 5.74) is 0.695. The summed E-state index contributed by atoms with van der Waals surface area (Å²) < 4.78 is 1.61. The molecule has 17 heavy (non-hydrogen) atoms. The first-order valence-corrected chi connectivity index (χ1v) is 5.50. The van der Waals surface area contributed by atoms with Crippen LogP contribution >= 0.6 is 11.6 Å². The summed E-state index contributed by atoms with van der Waals surface area (Å²) in [4.78, 5) is 15.4. The summed E-state index contributed by atoms with van der Waals surface area (Å²) in [6.07, 6.45) is 3.36. The minimum absolute atomic E-state index is 0.0808. The Morgan fingerprint density at radius 2 is 2.35 bits per heavy atom. The van der Waals surface area contributed by atoms with Gasteiger partial charge in [-0.2, -0.15) is 5.10 Å². The van der Waals surface area contributed by atoms with Gasteiger partial charge in [-0.15, -0.1) is 0 Å². The van der Waals surface area contributed by atoms with E-state index in [2.05, 4.69) is 15.4 Å². The monoisotopic (exact) mass is 250 g/mol. The van der Waals surface area contributed by atoms with Gasteiger partial charge in [-0.25, -0.2) is 4.98 Å². The van der Waals surface area contributed by atoms with Gasteiger partial charge in [0.1, 0.15) is 12.7 Å². The fourth-order valence-electron chi connectivity index (χ4n) is 1.35. The van der Waals surface area contributed by atoms with Gasteiger partial charge in [0.25, 0.3) is 0 Å². The SMILES string of the molecule is O=C(CCn1cncn1)Nc1cccc(Cl)c1. The molecule has 1 N–H and O–H groups in total. The summed E-state index contributed by atoms with van der Waals surface area (Å²) in [6.45, 7) is 0.506. The number of amides is 1. The highest BCUT2D eigenvalue weighted by atomic mass is 35.5. The number of nitrogens with zero attached hydrogens (tertiary/aromatic N) is 3. The molecule has 5 nitrogen and oxygen atoms in total. The lowest BCUT2D eigenvalue weighted by Crippen LogP contribution is -2.14. The third-order valence-corrected chi connectivity index (χ3v) is 2.38. The second-order valence-corrected chi connectivity index (χ2v) is 3.90. The molecule has 0 fully saturated rings. The van der Waals surface area contributed by atoms with Crippen molar-refractivity contribution in [1.29, 1.82) is 0 Å². The summed E-state index contributed by atoms with van der Waals surface area (Å²) >= 11 is 5.81. The fourth-order valence-corrected chi connectivity index (χ4v) is 1.54. The predicted molar refractivity (Wildman–Crippen MR) is 64.7 cm³/mol. The van der Waals surface area contributed by atoms with Gasteiger partial charge >= 0.3 is 0 Å². The largest absolute Gasteiger partial charge is 0.326 e. The van der Waals surface area contributed by atoms with Gasteiger partial charge in [0, 0.05) is 17.1 Å². The predicted octanol–water partition coefficient (Wildman–Crippen LogP) is 1.96. The molecule has 0 saturated carbocycles. The molecule has 0 radical (unpaired) electrons. The van der Waals surface area contributed by atoms with Crippen molar-refractivity contribution >= 4 is 23.2 Å². The highest BCUT2D eigenvalue weighted by Crippen LogP contribution is 2.14. The lowest BCUT2D eigenvalue weighted by atomic mass is 10.3. The van der Waals surface area contributed by atoms with Crippen molar-refractivity contribution < 1.29 is 4.79 Å². The minimum atomic E-state index is -0.0808. The van der Waals surface area contributed by atoms with Crippen molar-refractivity contribution in [1.82, 2.24) is 14.8 Å². The molecule has 1 amide bonds. The Bertz CT molecular complexity index is 498. The third-order valence-electron chi connectivity index (χ3n) is 2.14.